The predicted molar refractivity (Wildman–Crippen MR) is 61.3 cm³/mol. The zero-order valence-corrected chi connectivity index (χ0v) is 9.36. The molecule has 0 heterocycles. The number of aromatic hydroxyl groups is 1. The van der Waals surface area contributed by atoms with Crippen molar-refractivity contribution in [2.45, 2.75) is 6.10 Å². The summed E-state index contributed by atoms with van der Waals surface area (Å²) in [6.07, 6.45) is -0.685. The SMILES string of the molecule is CNCC(O)c1cc(N(C)C)ccc1O. The zero-order valence-electron chi connectivity index (χ0n) is 9.36. The Morgan fingerprint density at radius 3 is 2.60 bits per heavy atom. The normalized spacial score (nSPS) is 12.5. The monoisotopic (exact) mass is 210 g/mol. The summed E-state index contributed by atoms with van der Waals surface area (Å²) in [6.45, 7) is 0.421. The van der Waals surface area contributed by atoms with E-state index < -0.39 is 6.10 Å². The molecule has 0 aliphatic carbocycles. The van der Waals surface area contributed by atoms with Crippen LogP contribution in [0, 0.1) is 0 Å². The quantitative estimate of drug-likeness (QED) is 0.685. The van der Waals surface area contributed by atoms with Crippen LogP contribution in [0.15, 0.2) is 18.2 Å². The molecule has 0 aliphatic rings. The standard InChI is InChI=1S/C11H18N2O2/c1-12-7-11(15)9-6-8(13(2)3)4-5-10(9)14/h4-6,11-12,14-15H,7H2,1-3H3. The minimum absolute atomic E-state index is 0.128. The van der Waals surface area contributed by atoms with Gasteiger partial charge in [-0.1, -0.05) is 0 Å². The number of hydrogen-bond acceptors (Lipinski definition) is 4. The van der Waals surface area contributed by atoms with Gasteiger partial charge in [0.25, 0.3) is 0 Å². The first-order chi connectivity index (χ1) is 7.06. The fraction of sp³-hybridized carbons (Fsp3) is 0.455. The number of anilines is 1. The first kappa shape index (κ1) is 11.8. The lowest BCUT2D eigenvalue weighted by atomic mass is 10.1. The van der Waals surface area contributed by atoms with Crippen LogP contribution < -0.4 is 10.2 Å². The Bertz CT molecular complexity index is 326. The van der Waals surface area contributed by atoms with Gasteiger partial charge in [-0.15, -0.1) is 0 Å². The van der Waals surface area contributed by atoms with Crippen LogP contribution in [-0.2, 0) is 0 Å². The second-order valence-corrected chi connectivity index (χ2v) is 3.71. The smallest absolute Gasteiger partial charge is 0.121 e. The van der Waals surface area contributed by atoms with E-state index in [4.69, 9.17) is 0 Å². The lowest BCUT2D eigenvalue weighted by molar-refractivity contribution is 0.174. The first-order valence-corrected chi connectivity index (χ1v) is 4.89. The Kier molecular flexibility index (Phi) is 3.94. The van der Waals surface area contributed by atoms with E-state index in [1.807, 2.05) is 25.1 Å². The largest absolute Gasteiger partial charge is 0.508 e. The van der Waals surface area contributed by atoms with Crippen molar-refractivity contribution in [3.05, 3.63) is 23.8 Å². The molecule has 15 heavy (non-hydrogen) atoms. The average Bonchev–Trinajstić information content (AvgIpc) is 2.18. The van der Waals surface area contributed by atoms with Crippen LogP contribution in [0.5, 0.6) is 5.75 Å². The molecule has 0 aromatic heterocycles. The topological polar surface area (TPSA) is 55.7 Å². The molecule has 1 aromatic carbocycles. The summed E-state index contributed by atoms with van der Waals surface area (Å²) in [5.41, 5.74) is 1.51. The van der Waals surface area contributed by atoms with Crippen molar-refractivity contribution in [2.75, 3.05) is 32.6 Å². The highest BCUT2D eigenvalue weighted by molar-refractivity contribution is 5.52. The number of nitrogens with one attached hydrogen (secondary N) is 1. The van der Waals surface area contributed by atoms with Gasteiger partial charge in [0.15, 0.2) is 0 Å². The molecule has 1 unspecified atom stereocenters. The summed E-state index contributed by atoms with van der Waals surface area (Å²) in [6, 6.07) is 5.20. The zero-order chi connectivity index (χ0) is 11.4. The number of hydrogen-bond donors (Lipinski definition) is 3. The van der Waals surface area contributed by atoms with Crippen molar-refractivity contribution in [3.8, 4) is 5.75 Å². The van der Waals surface area contributed by atoms with E-state index in [2.05, 4.69) is 5.32 Å². The highest BCUT2D eigenvalue weighted by Gasteiger charge is 2.12. The van der Waals surface area contributed by atoms with Gasteiger partial charge in [-0.3, -0.25) is 0 Å². The van der Waals surface area contributed by atoms with E-state index in [0.717, 1.165) is 5.69 Å². The second kappa shape index (κ2) is 5.00. The molecule has 0 bridgehead atoms. The van der Waals surface area contributed by atoms with Crippen molar-refractivity contribution in [2.24, 2.45) is 0 Å². The van der Waals surface area contributed by atoms with Gasteiger partial charge in [0.05, 0.1) is 6.10 Å². The van der Waals surface area contributed by atoms with Crippen molar-refractivity contribution in [1.82, 2.24) is 5.32 Å². The van der Waals surface area contributed by atoms with Gasteiger partial charge in [-0.25, -0.2) is 0 Å². The summed E-state index contributed by atoms with van der Waals surface area (Å²) >= 11 is 0. The molecule has 0 radical (unpaired) electrons. The van der Waals surface area contributed by atoms with Crippen LogP contribution in [-0.4, -0.2) is 37.9 Å². The summed E-state index contributed by atoms with van der Waals surface area (Å²) in [5, 5.41) is 22.2. The predicted octanol–water partition coefficient (Wildman–Crippen LogP) is 0.711. The molecule has 1 aromatic rings. The van der Waals surface area contributed by atoms with E-state index in [1.165, 1.54) is 0 Å². The summed E-state index contributed by atoms with van der Waals surface area (Å²) in [5.74, 6) is 0.128. The molecular formula is C11H18N2O2. The van der Waals surface area contributed by atoms with Crippen LogP contribution >= 0.6 is 0 Å². The average molecular weight is 210 g/mol. The Morgan fingerprint density at radius 1 is 1.40 bits per heavy atom. The van der Waals surface area contributed by atoms with Gasteiger partial charge in [0.2, 0.25) is 0 Å². The minimum Gasteiger partial charge on any atom is -0.508 e. The summed E-state index contributed by atoms with van der Waals surface area (Å²) in [7, 11) is 5.59. The number of aliphatic hydroxyl groups is 1. The summed E-state index contributed by atoms with van der Waals surface area (Å²) < 4.78 is 0. The molecule has 0 spiro atoms. The molecule has 1 rings (SSSR count). The molecule has 0 saturated carbocycles. The number of likely N-dealkylation sites (N-methyl/N-ethyl adjacent to an activating group) is 1. The number of benzene rings is 1. The Morgan fingerprint density at radius 2 is 2.07 bits per heavy atom. The molecule has 84 valence electrons. The number of nitrogens with zero attached hydrogens (tertiary/aromatic N) is 1. The maximum Gasteiger partial charge on any atom is 0.121 e. The lowest BCUT2D eigenvalue weighted by Gasteiger charge is -2.17. The third-order valence-corrected chi connectivity index (χ3v) is 2.28. The van der Waals surface area contributed by atoms with Gasteiger partial charge in [-0.2, -0.15) is 0 Å². The fourth-order valence-corrected chi connectivity index (χ4v) is 1.39. The molecule has 0 amide bonds. The maximum atomic E-state index is 9.77. The first-order valence-electron chi connectivity index (χ1n) is 4.89. The fourth-order valence-electron chi connectivity index (χ4n) is 1.39. The Balaban J connectivity index is 2.99. The summed E-state index contributed by atoms with van der Waals surface area (Å²) in [4.78, 5) is 1.93. The van der Waals surface area contributed by atoms with Crippen molar-refractivity contribution < 1.29 is 10.2 Å². The Hall–Kier alpha value is -1.26. The second-order valence-electron chi connectivity index (χ2n) is 3.71. The highest BCUT2D eigenvalue weighted by atomic mass is 16.3. The number of phenolic OH excluding ortho intramolecular Hbond substituents is 1. The minimum atomic E-state index is -0.685. The molecule has 4 nitrogen and oxygen atoms in total. The number of rotatable bonds is 4. The van der Waals surface area contributed by atoms with Gasteiger partial charge >= 0.3 is 0 Å². The molecule has 0 aliphatic heterocycles. The van der Waals surface area contributed by atoms with Crippen LogP contribution in [0.1, 0.15) is 11.7 Å². The van der Waals surface area contributed by atoms with Gasteiger partial charge in [-0.05, 0) is 25.2 Å². The van der Waals surface area contributed by atoms with E-state index in [1.54, 1.807) is 19.2 Å². The lowest BCUT2D eigenvalue weighted by Crippen LogP contribution is -2.17. The maximum absolute atomic E-state index is 9.77. The van der Waals surface area contributed by atoms with E-state index >= 15 is 0 Å². The molecule has 3 N–H and O–H groups in total. The van der Waals surface area contributed by atoms with E-state index in [-0.39, 0.29) is 5.75 Å². The Labute approximate surface area is 90.2 Å². The number of phenols is 1. The third kappa shape index (κ3) is 2.84. The molecule has 0 saturated heterocycles. The highest BCUT2D eigenvalue weighted by Crippen LogP contribution is 2.27. The molecule has 0 fully saturated rings. The molecule has 1 atom stereocenters. The van der Waals surface area contributed by atoms with Crippen LogP contribution in [0.3, 0.4) is 0 Å². The van der Waals surface area contributed by atoms with Gasteiger partial charge in [0.1, 0.15) is 5.75 Å². The van der Waals surface area contributed by atoms with Crippen molar-refractivity contribution in [1.29, 1.82) is 0 Å². The van der Waals surface area contributed by atoms with E-state index in [9.17, 15) is 10.2 Å². The third-order valence-electron chi connectivity index (χ3n) is 2.28. The van der Waals surface area contributed by atoms with Crippen molar-refractivity contribution >= 4 is 5.69 Å². The number of aliphatic hydroxyl groups excluding tert-OH is 1. The van der Waals surface area contributed by atoms with Crippen LogP contribution in [0.2, 0.25) is 0 Å². The van der Waals surface area contributed by atoms with Gasteiger partial charge < -0.3 is 20.4 Å². The van der Waals surface area contributed by atoms with E-state index in [0.29, 0.717) is 12.1 Å². The van der Waals surface area contributed by atoms with Crippen molar-refractivity contribution in [3.63, 3.8) is 0 Å². The van der Waals surface area contributed by atoms with Crippen LogP contribution in [0.4, 0.5) is 5.69 Å². The molecular weight excluding hydrogens is 192 g/mol. The van der Waals surface area contributed by atoms with Gasteiger partial charge in [0, 0.05) is 31.9 Å². The molecule has 4 heteroatoms. The van der Waals surface area contributed by atoms with Crippen LogP contribution in [0.25, 0.3) is 0 Å².